The molecule has 0 spiro atoms. The number of carboxylic acid groups (broad SMARTS) is 1. The van der Waals surface area contributed by atoms with Crippen molar-refractivity contribution in [1.82, 2.24) is 5.32 Å². The molecule has 1 heterocycles. The Morgan fingerprint density at radius 2 is 1.80 bits per heavy atom. The van der Waals surface area contributed by atoms with Crippen LogP contribution in [0.1, 0.15) is 95.0 Å². The number of aliphatic hydroxyl groups is 3. The van der Waals surface area contributed by atoms with Crippen LogP contribution in [0.25, 0.3) is 0 Å². The summed E-state index contributed by atoms with van der Waals surface area (Å²) >= 11 is 0. The van der Waals surface area contributed by atoms with Gasteiger partial charge in [-0.15, -0.1) is 0 Å². The van der Waals surface area contributed by atoms with Crippen LogP contribution >= 0.6 is 0 Å². The van der Waals surface area contributed by atoms with Gasteiger partial charge in [-0.2, -0.15) is 0 Å². The standard InChI is InChI=1S/C34H39NO15/c1-4-6-15(9-22(38)39)49-33(45)35-18-10-23(48-14(2)28(18)40)50-20-12-34(46,21(37)13-36)11-17-25(20)32(44)27-26(30(17)42)29(41)16-7-5-8-19(47-3)24(16)31(27)43/h5,7-8,14-15,18,20,23,28,36,40,42,44,46H,4,6,9-13H2,1-3H3,(H,35,45)(H,38,39)/t14-,15?,18?,20-,23-,28+,34-/m1/s1. The first kappa shape index (κ1) is 36.7. The minimum atomic E-state index is -2.37. The number of methoxy groups -OCH3 is 1. The third-order valence-corrected chi connectivity index (χ3v) is 9.35. The number of alkyl carbamates (subject to hydrolysis) is 1. The van der Waals surface area contributed by atoms with Gasteiger partial charge in [0, 0.05) is 36.0 Å². The predicted molar refractivity (Wildman–Crippen MR) is 168 cm³/mol. The molecule has 0 saturated carbocycles. The van der Waals surface area contributed by atoms with E-state index in [1.54, 1.807) is 6.92 Å². The van der Waals surface area contributed by atoms with E-state index in [4.69, 9.17) is 24.1 Å². The van der Waals surface area contributed by atoms with Crippen LogP contribution in [0.4, 0.5) is 4.79 Å². The van der Waals surface area contributed by atoms with Crippen molar-refractivity contribution in [3.8, 4) is 17.2 Å². The van der Waals surface area contributed by atoms with Gasteiger partial charge in [0.25, 0.3) is 0 Å². The summed E-state index contributed by atoms with van der Waals surface area (Å²) in [6.07, 6.45) is -8.16. The molecule has 2 unspecified atom stereocenters. The summed E-state index contributed by atoms with van der Waals surface area (Å²) in [4.78, 5) is 64.3. The molecule has 7 atom stereocenters. The highest BCUT2D eigenvalue weighted by Crippen LogP contribution is 2.52. The van der Waals surface area contributed by atoms with Crippen molar-refractivity contribution in [1.29, 1.82) is 0 Å². The molecule has 16 heteroatoms. The molecule has 7 N–H and O–H groups in total. The lowest BCUT2D eigenvalue weighted by Gasteiger charge is -2.42. The molecule has 1 saturated heterocycles. The van der Waals surface area contributed by atoms with Crippen molar-refractivity contribution < 1.29 is 73.6 Å². The Kier molecular flexibility index (Phi) is 10.5. The van der Waals surface area contributed by atoms with E-state index in [2.05, 4.69) is 5.32 Å². The molecule has 1 aliphatic heterocycles. The van der Waals surface area contributed by atoms with Crippen LogP contribution in [-0.4, -0.2) is 110 Å². The zero-order valence-corrected chi connectivity index (χ0v) is 27.5. The summed E-state index contributed by atoms with van der Waals surface area (Å²) in [7, 11) is 1.29. The second kappa shape index (κ2) is 14.3. The first-order chi connectivity index (χ1) is 23.6. The number of aliphatic carboxylic acids is 1. The van der Waals surface area contributed by atoms with E-state index in [1.807, 2.05) is 0 Å². The van der Waals surface area contributed by atoms with Crippen molar-refractivity contribution in [2.45, 2.75) is 94.7 Å². The Morgan fingerprint density at radius 3 is 2.44 bits per heavy atom. The van der Waals surface area contributed by atoms with Gasteiger partial charge < -0.3 is 54.9 Å². The van der Waals surface area contributed by atoms with Gasteiger partial charge in [-0.25, -0.2) is 4.79 Å². The topological polar surface area (TPSA) is 256 Å². The van der Waals surface area contributed by atoms with Crippen LogP contribution in [0.3, 0.4) is 0 Å². The van der Waals surface area contributed by atoms with E-state index in [0.717, 1.165) is 0 Å². The molecule has 0 radical (unpaired) electrons. The Balaban J connectivity index is 1.51. The van der Waals surface area contributed by atoms with Gasteiger partial charge >= 0.3 is 12.1 Å². The Bertz CT molecular complexity index is 1720. The predicted octanol–water partition coefficient (Wildman–Crippen LogP) is 1.41. The molecule has 50 heavy (non-hydrogen) atoms. The minimum absolute atomic E-state index is 0.0445. The smallest absolute Gasteiger partial charge is 0.407 e. The summed E-state index contributed by atoms with van der Waals surface area (Å²) < 4.78 is 22.5. The first-order valence-electron chi connectivity index (χ1n) is 16.1. The third-order valence-electron chi connectivity index (χ3n) is 9.35. The first-order valence-corrected chi connectivity index (χ1v) is 16.1. The van der Waals surface area contributed by atoms with Crippen molar-refractivity contribution in [3.63, 3.8) is 0 Å². The van der Waals surface area contributed by atoms with Gasteiger partial charge in [0.1, 0.15) is 41.7 Å². The molecular weight excluding hydrogens is 662 g/mol. The fourth-order valence-corrected chi connectivity index (χ4v) is 6.91. The Morgan fingerprint density at radius 1 is 1.10 bits per heavy atom. The number of phenolic OH excluding ortho intramolecular Hbond substituents is 2. The van der Waals surface area contributed by atoms with E-state index in [-0.39, 0.29) is 40.8 Å². The number of rotatable bonds is 11. The van der Waals surface area contributed by atoms with E-state index in [0.29, 0.717) is 6.42 Å². The lowest BCUT2D eigenvalue weighted by atomic mass is 9.72. The van der Waals surface area contributed by atoms with Gasteiger partial charge in [-0.1, -0.05) is 25.5 Å². The molecule has 1 amide bonds. The fraction of sp³-hybridized carbons (Fsp3) is 0.500. The lowest BCUT2D eigenvalue weighted by Crippen LogP contribution is -2.56. The summed E-state index contributed by atoms with van der Waals surface area (Å²) in [6.45, 7) is 2.16. The fourth-order valence-electron chi connectivity index (χ4n) is 6.91. The quantitative estimate of drug-likeness (QED) is 0.140. The largest absolute Gasteiger partial charge is 0.507 e. The van der Waals surface area contributed by atoms with E-state index in [1.165, 1.54) is 32.2 Å². The molecule has 1 fully saturated rings. The second-order valence-corrected chi connectivity index (χ2v) is 12.7. The molecule has 2 aromatic rings. The minimum Gasteiger partial charge on any atom is -0.507 e. The van der Waals surface area contributed by atoms with Gasteiger partial charge in [0.15, 0.2) is 17.9 Å². The lowest BCUT2D eigenvalue weighted by molar-refractivity contribution is -0.249. The number of hydrogen-bond donors (Lipinski definition) is 7. The van der Waals surface area contributed by atoms with Crippen LogP contribution in [-0.2, 0) is 30.2 Å². The van der Waals surface area contributed by atoms with Gasteiger partial charge in [-0.05, 0) is 19.4 Å². The number of carbonyl (C=O) groups is 5. The highest BCUT2D eigenvalue weighted by molar-refractivity contribution is 6.31. The summed E-state index contributed by atoms with van der Waals surface area (Å²) in [5.74, 6) is -5.38. The number of nitrogens with one attached hydrogen (secondary N) is 1. The number of Topliss-reactive ketones (excluding diaryl/α,β-unsaturated/α-hetero) is 1. The number of aromatic hydroxyl groups is 2. The van der Waals surface area contributed by atoms with Crippen LogP contribution in [0, 0.1) is 0 Å². The number of amides is 1. The molecule has 16 nitrogen and oxygen atoms in total. The van der Waals surface area contributed by atoms with Crippen LogP contribution < -0.4 is 10.1 Å². The number of phenols is 2. The number of carbonyl (C=O) groups excluding carboxylic acids is 4. The third kappa shape index (κ3) is 6.64. The molecule has 270 valence electrons. The average molecular weight is 702 g/mol. The van der Waals surface area contributed by atoms with Gasteiger partial charge in [0.05, 0.1) is 48.5 Å². The number of ether oxygens (including phenoxy) is 4. The Labute approximate surface area is 285 Å². The normalized spacial score (nSPS) is 26.2. The van der Waals surface area contributed by atoms with E-state index < -0.39 is 120 Å². The SMILES string of the molecule is CCCC(CC(=O)O)OC(=O)NC1C[C@@H](O[C@@H]2C[C@@](O)(C(=O)CO)Cc3c(O)c4c(c(O)c32)C(=O)c2c(OC)cccc2C4=O)O[C@H](C)[C@@H]1O. The van der Waals surface area contributed by atoms with Crippen molar-refractivity contribution in [2.75, 3.05) is 13.7 Å². The number of aliphatic hydroxyl groups excluding tert-OH is 2. The second-order valence-electron chi connectivity index (χ2n) is 12.7. The summed E-state index contributed by atoms with van der Waals surface area (Å²) in [5.41, 5.74) is -4.22. The molecular formula is C34H39NO15. The number of benzene rings is 2. The zero-order valence-electron chi connectivity index (χ0n) is 27.5. The van der Waals surface area contributed by atoms with Crippen molar-refractivity contribution >= 4 is 29.4 Å². The average Bonchev–Trinajstić information content (AvgIpc) is 3.06. The maximum Gasteiger partial charge on any atom is 0.407 e. The number of ketones is 3. The van der Waals surface area contributed by atoms with Crippen molar-refractivity contribution in [3.05, 3.63) is 51.6 Å². The number of hydrogen-bond acceptors (Lipinski definition) is 14. The van der Waals surface area contributed by atoms with Crippen LogP contribution in [0.2, 0.25) is 0 Å². The Hall–Kier alpha value is -4.61. The van der Waals surface area contributed by atoms with Gasteiger partial charge in [-0.3, -0.25) is 19.2 Å². The maximum absolute atomic E-state index is 13.9. The molecule has 2 aromatic carbocycles. The molecule has 3 aliphatic rings. The monoisotopic (exact) mass is 701 g/mol. The van der Waals surface area contributed by atoms with Crippen LogP contribution in [0.15, 0.2) is 18.2 Å². The maximum atomic E-state index is 13.9. The number of carboxylic acids is 1. The summed E-state index contributed by atoms with van der Waals surface area (Å²) in [6, 6.07) is 3.19. The number of fused-ring (bicyclic) bond motifs is 3. The van der Waals surface area contributed by atoms with Crippen molar-refractivity contribution in [2.24, 2.45) is 0 Å². The molecule has 0 bridgehead atoms. The molecule has 2 aliphatic carbocycles. The van der Waals surface area contributed by atoms with E-state index >= 15 is 0 Å². The summed E-state index contributed by atoms with van der Waals surface area (Å²) in [5, 5.41) is 66.8. The van der Waals surface area contributed by atoms with E-state index in [9.17, 15) is 49.5 Å². The zero-order chi connectivity index (χ0) is 36.7. The molecule has 5 rings (SSSR count). The highest BCUT2D eigenvalue weighted by Gasteiger charge is 2.50. The van der Waals surface area contributed by atoms with Crippen LogP contribution in [0.5, 0.6) is 17.2 Å². The highest BCUT2D eigenvalue weighted by atomic mass is 16.7. The van der Waals surface area contributed by atoms with Gasteiger partial charge in [0.2, 0.25) is 5.78 Å². The molecule has 0 aromatic heterocycles.